The molecule has 0 amide bonds. The van der Waals surface area contributed by atoms with E-state index in [0.717, 1.165) is 29.2 Å². The van der Waals surface area contributed by atoms with Gasteiger partial charge in [0.25, 0.3) is 5.56 Å². The van der Waals surface area contributed by atoms with Gasteiger partial charge in [-0.15, -0.1) is 0 Å². The van der Waals surface area contributed by atoms with E-state index in [1.54, 1.807) is 6.07 Å². The van der Waals surface area contributed by atoms with Crippen molar-refractivity contribution in [3.8, 4) is 22.6 Å². The first kappa shape index (κ1) is 11.2. The van der Waals surface area contributed by atoms with Crippen molar-refractivity contribution in [1.29, 1.82) is 0 Å². The predicted molar refractivity (Wildman–Crippen MR) is 78.5 cm³/mol. The summed E-state index contributed by atoms with van der Waals surface area (Å²) >= 11 is 0. The molecule has 1 aliphatic rings. The van der Waals surface area contributed by atoms with Crippen LogP contribution in [-0.2, 0) is 6.54 Å². The van der Waals surface area contributed by atoms with Gasteiger partial charge in [0.2, 0.25) is 0 Å². The Hall–Kier alpha value is -2.68. The third-order valence-electron chi connectivity index (χ3n) is 3.68. The van der Waals surface area contributed by atoms with Gasteiger partial charge >= 0.3 is 0 Å². The van der Waals surface area contributed by atoms with Gasteiger partial charge in [0.1, 0.15) is 5.82 Å². The normalized spacial score (nSPS) is 12.0. The van der Waals surface area contributed by atoms with Gasteiger partial charge < -0.3 is 4.57 Å². The lowest BCUT2D eigenvalue weighted by molar-refractivity contribution is 0.821. The van der Waals surface area contributed by atoms with Crippen molar-refractivity contribution in [3.05, 3.63) is 76.6 Å². The lowest BCUT2D eigenvalue weighted by Crippen LogP contribution is -2.13. The van der Waals surface area contributed by atoms with Crippen LogP contribution in [-0.4, -0.2) is 9.55 Å². The highest BCUT2D eigenvalue weighted by Gasteiger charge is 2.21. The van der Waals surface area contributed by atoms with Gasteiger partial charge in [-0.3, -0.25) is 4.79 Å². The topological polar surface area (TPSA) is 34.9 Å². The summed E-state index contributed by atoms with van der Waals surface area (Å²) in [6.45, 7) is 0.767. The van der Waals surface area contributed by atoms with Crippen LogP contribution in [0.2, 0.25) is 0 Å². The average molecular weight is 260 g/mol. The summed E-state index contributed by atoms with van der Waals surface area (Å²) in [5, 5.41) is 0. The maximum Gasteiger partial charge on any atom is 0.273 e. The Morgan fingerprint density at radius 3 is 2.55 bits per heavy atom. The summed E-state index contributed by atoms with van der Waals surface area (Å²) in [6.07, 6.45) is 0. The van der Waals surface area contributed by atoms with Crippen LogP contribution in [0, 0.1) is 0 Å². The molecule has 0 aliphatic carbocycles. The van der Waals surface area contributed by atoms with E-state index in [-0.39, 0.29) is 5.56 Å². The number of rotatable bonds is 1. The molecule has 2 heterocycles. The Morgan fingerprint density at radius 2 is 1.70 bits per heavy atom. The van der Waals surface area contributed by atoms with E-state index in [4.69, 9.17) is 0 Å². The molecular formula is C17H12N2O. The van der Waals surface area contributed by atoms with Gasteiger partial charge in [-0.05, 0) is 11.1 Å². The summed E-state index contributed by atoms with van der Waals surface area (Å²) in [5.41, 5.74) is 4.05. The fourth-order valence-electron chi connectivity index (χ4n) is 2.77. The fraction of sp³-hybridized carbons (Fsp3) is 0.0588. The van der Waals surface area contributed by atoms with Gasteiger partial charge in [-0.1, -0.05) is 54.6 Å². The van der Waals surface area contributed by atoms with E-state index >= 15 is 0 Å². The summed E-state index contributed by atoms with van der Waals surface area (Å²) in [5.74, 6) is 0.770. The zero-order valence-corrected chi connectivity index (χ0v) is 10.8. The zero-order valence-electron chi connectivity index (χ0n) is 10.8. The first-order valence-electron chi connectivity index (χ1n) is 6.58. The minimum atomic E-state index is -0.188. The second-order valence-corrected chi connectivity index (χ2v) is 4.91. The summed E-state index contributed by atoms with van der Waals surface area (Å²) in [6, 6.07) is 19.7. The third-order valence-corrected chi connectivity index (χ3v) is 3.68. The molecule has 0 bridgehead atoms. The number of nitrogens with zero attached hydrogens (tertiary/aromatic N) is 2. The van der Waals surface area contributed by atoms with E-state index in [1.807, 2.05) is 48.5 Å². The number of hydrogen-bond acceptors (Lipinski definition) is 2. The van der Waals surface area contributed by atoms with Crippen molar-refractivity contribution in [2.45, 2.75) is 6.54 Å². The predicted octanol–water partition coefficient (Wildman–Crippen LogP) is 2.94. The number of aromatic nitrogens is 2. The molecule has 0 unspecified atom stereocenters. The number of fused-ring (bicyclic) bond motifs is 3. The molecule has 3 nitrogen and oxygen atoms in total. The second kappa shape index (κ2) is 4.17. The lowest BCUT2D eigenvalue weighted by Gasteiger charge is -2.10. The molecular weight excluding hydrogens is 248 g/mol. The number of benzene rings is 2. The monoisotopic (exact) mass is 260 g/mol. The van der Waals surface area contributed by atoms with Crippen LogP contribution in [0.3, 0.4) is 0 Å². The van der Waals surface area contributed by atoms with Crippen LogP contribution in [0.15, 0.2) is 65.5 Å². The molecule has 2 aromatic carbocycles. The van der Waals surface area contributed by atoms with Gasteiger partial charge in [0.15, 0.2) is 0 Å². The van der Waals surface area contributed by atoms with Crippen molar-refractivity contribution < 1.29 is 0 Å². The minimum absolute atomic E-state index is 0.188. The van der Waals surface area contributed by atoms with E-state index < -0.39 is 0 Å². The van der Waals surface area contributed by atoms with Crippen molar-refractivity contribution in [1.82, 2.24) is 9.55 Å². The van der Waals surface area contributed by atoms with E-state index in [1.165, 1.54) is 5.56 Å². The Morgan fingerprint density at radius 1 is 0.950 bits per heavy atom. The van der Waals surface area contributed by atoms with Crippen LogP contribution in [0.1, 0.15) is 5.56 Å². The molecule has 0 spiro atoms. The molecule has 3 aromatic rings. The second-order valence-electron chi connectivity index (χ2n) is 4.91. The Bertz CT molecular complexity index is 850. The lowest BCUT2D eigenvalue weighted by atomic mass is 10.1. The maximum atomic E-state index is 11.9. The zero-order chi connectivity index (χ0) is 13.5. The van der Waals surface area contributed by atoms with E-state index in [9.17, 15) is 4.79 Å². The highest BCUT2D eigenvalue weighted by atomic mass is 16.1. The third kappa shape index (κ3) is 1.60. The van der Waals surface area contributed by atoms with Crippen LogP contribution in [0.25, 0.3) is 22.6 Å². The highest BCUT2D eigenvalue weighted by molar-refractivity contribution is 5.70. The standard InChI is InChI=1S/C17H12N2O/c20-16-10-15(12-6-2-1-3-7-12)19-11-13-8-4-5-9-14(13)17(19)18-16/h1-10H,11H2. The smallest absolute Gasteiger partial charge is 0.273 e. The molecule has 0 fully saturated rings. The molecule has 0 radical (unpaired) electrons. The van der Waals surface area contributed by atoms with Crippen molar-refractivity contribution >= 4 is 0 Å². The fourth-order valence-corrected chi connectivity index (χ4v) is 2.77. The number of hydrogen-bond donors (Lipinski definition) is 0. The highest BCUT2D eigenvalue weighted by Crippen LogP contribution is 2.32. The quantitative estimate of drug-likeness (QED) is 0.527. The maximum absolute atomic E-state index is 11.9. The minimum Gasteiger partial charge on any atom is -0.321 e. The summed E-state index contributed by atoms with van der Waals surface area (Å²) < 4.78 is 2.11. The van der Waals surface area contributed by atoms with Crippen LogP contribution in [0.5, 0.6) is 0 Å². The van der Waals surface area contributed by atoms with Crippen LogP contribution >= 0.6 is 0 Å². The first-order chi connectivity index (χ1) is 9.83. The molecule has 3 heteroatoms. The van der Waals surface area contributed by atoms with Crippen molar-refractivity contribution in [2.24, 2.45) is 0 Å². The Kier molecular flexibility index (Phi) is 2.33. The summed E-state index contributed by atoms with van der Waals surface area (Å²) in [7, 11) is 0. The van der Waals surface area contributed by atoms with Gasteiger partial charge in [-0.2, -0.15) is 4.98 Å². The molecule has 1 aromatic heterocycles. The first-order valence-corrected chi connectivity index (χ1v) is 6.58. The summed E-state index contributed by atoms with van der Waals surface area (Å²) in [4.78, 5) is 16.1. The van der Waals surface area contributed by atoms with E-state index in [0.29, 0.717) is 0 Å². The molecule has 0 N–H and O–H groups in total. The molecule has 0 saturated carbocycles. The molecule has 1 aliphatic heterocycles. The molecule has 0 saturated heterocycles. The van der Waals surface area contributed by atoms with Gasteiger partial charge in [0, 0.05) is 11.6 Å². The van der Waals surface area contributed by atoms with Gasteiger partial charge in [-0.25, -0.2) is 0 Å². The molecule has 4 rings (SSSR count). The van der Waals surface area contributed by atoms with Crippen LogP contribution in [0.4, 0.5) is 0 Å². The Labute approximate surface area is 116 Å². The van der Waals surface area contributed by atoms with E-state index in [2.05, 4.69) is 15.6 Å². The van der Waals surface area contributed by atoms with Crippen molar-refractivity contribution in [3.63, 3.8) is 0 Å². The average Bonchev–Trinajstić information content (AvgIpc) is 2.86. The SMILES string of the molecule is O=c1cc(-c2ccccc2)n2c(n1)-c1ccccc1C2. The van der Waals surface area contributed by atoms with Crippen LogP contribution < -0.4 is 5.56 Å². The largest absolute Gasteiger partial charge is 0.321 e. The molecule has 96 valence electrons. The van der Waals surface area contributed by atoms with Crippen molar-refractivity contribution in [2.75, 3.05) is 0 Å². The molecule has 0 atom stereocenters. The molecule has 20 heavy (non-hydrogen) atoms. The Balaban J connectivity index is 2.02. The van der Waals surface area contributed by atoms with Gasteiger partial charge in [0.05, 0.1) is 12.2 Å².